The van der Waals surface area contributed by atoms with Crippen LogP contribution in [0.15, 0.2) is 36.5 Å². The first-order chi connectivity index (χ1) is 13.2. The van der Waals surface area contributed by atoms with Crippen LogP contribution in [-0.2, 0) is 6.42 Å². The molecule has 3 rings (SSSR count). The molecule has 0 atom stereocenters. The summed E-state index contributed by atoms with van der Waals surface area (Å²) in [6.45, 7) is 7.81. The molecule has 0 radical (unpaired) electrons. The van der Waals surface area contributed by atoms with Crippen molar-refractivity contribution in [1.29, 1.82) is 0 Å². The Kier molecular flexibility index (Phi) is 5.65. The third-order valence-electron chi connectivity index (χ3n) is 4.08. The van der Waals surface area contributed by atoms with Crippen LogP contribution in [0.2, 0.25) is 0 Å². The fourth-order valence-corrected chi connectivity index (χ4v) is 2.99. The first-order valence-electron chi connectivity index (χ1n) is 9.24. The number of aryl methyl sites for hydroxylation is 2. The minimum absolute atomic E-state index is 0.394. The molecule has 3 aromatic rings. The standard InChI is InChI=1S/C21H26N6O/c1-14-7-6-8-17(23-14)19-24-18(12-16-9-10-22-15(2)11-16)25-20(26-19)27(5)13-21(3,4)28/h6-11,28H,12-13H2,1-5H3. The van der Waals surface area contributed by atoms with Crippen LogP contribution in [0.4, 0.5) is 5.95 Å². The van der Waals surface area contributed by atoms with Gasteiger partial charge in [-0.05, 0) is 57.5 Å². The Morgan fingerprint density at radius 3 is 2.46 bits per heavy atom. The number of aliphatic hydroxyl groups is 1. The van der Waals surface area contributed by atoms with Crippen LogP contribution in [0.25, 0.3) is 11.5 Å². The van der Waals surface area contributed by atoms with Crippen molar-refractivity contribution in [3.63, 3.8) is 0 Å². The maximum absolute atomic E-state index is 10.2. The minimum Gasteiger partial charge on any atom is -0.389 e. The van der Waals surface area contributed by atoms with Crippen molar-refractivity contribution in [3.8, 4) is 11.5 Å². The average molecular weight is 378 g/mol. The van der Waals surface area contributed by atoms with Crippen molar-refractivity contribution in [3.05, 3.63) is 59.3 Å². The van der Waals surface area contributed by atoms with Crippen LogP contribution in [0.3, 0.4) is 0 Å². The van der Waals surface area contributed by atoms with E-state index in [4.69, 9.17) is 0 Å². The fourth-order valence-electron chi connectivity index (χ4n) is 2.99. The number of nitrogens with zero attached hydrogens (tertiary/aromatic N) is 6. The molecule has 0 unspecified atom stereocenters. The second-order valence-corrected chi connectivity index (χ2v) is 7.69. The van der Waals surface area contributed by atoms with E-state index in [1.165, 1.54) is 0 Å². The number of hydrogen-bond acceptors (Lipinski definition) is 7. The Bertz CT molecular complexity index is 967. The van der Waals surface area contributed by atoms with Crippen LogP contribution in [0.1, 0.15) is 36.6 Å². The third kappa shape index (κ3) is 5.29. The van der Waals surface area contributed by atoms with Crippen LogP contribution >= 0.6 is 0 Å². The Morgan fingerprint density at radius 1 is 1.00 bits per heavy atom. The molecular formula is C21H26N6O. The van der Waals surface area contributed by atoms with E-state index in [-0.39, 0.29) is 0 Å². The van der Waals surface area contributed by atoms with E-state index < -0.39 is 5.60 Å². The van der Waals surface area contributed by atoms with Crippen molar-refractivity contribution in [2.24, 2.45) is 0 Å². The summed E-state index contributed by atoms with van der Waals surface area (Å²) in [6.07, 6.45) is 2.35. The van der Waals surface area contributed by atoms with Crippen LogP contribution in [0.5, 0.6) is 0 Å². The van der Waals surface area contributed by atoms with Crippen molar-refractivity contribution >= 4 is 5.95 Å². The molecule has 1 N–H and O–H groups in total. The second-order valence-electron chi connectivity index (χ2n) is 7.69. The maximum atomic E-state index is 10.2. The third-order valence-corrected chi connectivity index (χ3v) is 4.08. The smallest absolute Gasteiger partial charge is 0.229 e. The van der Waals surface area contributed by atoms with E-state index in [0.717, 1.165) is 17.0 Å². The number of likely N-dealkylation sites (N-methyl/N-ethyl adjacent to an activating group) is 1. The summed E-state index contributed by atoms with van der Waals surface area (Å²) >= 11 is 0. The highest BCUT2D eigenvalue weighted by molar-refractivity contribution is 5.51. The Morgan fingerprint density at radius 2 is 1.79 bits per heavy atom. The molecule has 0 spiro atoms. The van der Waals surface area contributed by atoms with E-state index >= 15 is 0 Å². The van der Waals surface area contributed by atoms with E-state index in [9.17, 15) is 5.11 Å². The van der Waals surface area contributed by atoms with Gasteiger partial charge in [-0.3, -0.25) is 4.98 Å². The van der Waals surface area contributed by atoms with Crippen LogP contribution < -0.4 is 4.90 Å². The SMILES string of the molecule is Cc1cc(Cc2nc(-c3cccc(C)n3)nc(N(C)CC(C)(C)O)n2)ccn1. The molecule has 0 aliphatic carbocycles. The molecule has 3 heterocycles. The van der Waals surface area contributed by atoms with Gasteiger partial charge in [0, 0.05) is 37.6 Å². The quantitative estimate of drug-likeness (QED) is 0.705. The zero-order valence-electron chi connectivity index (χ0n) is 17.0. The predicted octanol–water partition coefficient (Wildman–Crippen LogP) is 2.74. The molecule has 28 heavy (non-hydrogen) atoms. The van der Waals surface area contributed by atoms with Gasteiger partial charge < -0.3 is 10.0 Å². The van der Waals surface area contributed by atoms with Crippen molar-refractivity contribution < 1.29 is 5.11 Å². The topological polar surface area (TPSA) is 87.9 Å². The predicted molar refractivity (Wildman–Crippen MR) is 109 cm³/mol. The number of rotatable bonds is 6. The van der Waals surface area contributed by atoms with Gasteiger partial charge >= 0.3 is 0 Å². The van der Waals surface area contributed by atoms with Gasteiger partial charge in [-0.15, -0.1) is 0 Å². The molecule has 0 bridgehead atoms. The van der Waals surface area contributed by atoms with Gasteiger partial charge in [0.15, 0.2) is 5.82 Å². The maximum Gasteiger partial charge on any atom is 0.229 e. The number of aromatic nitrogens is 5. The van der Waals surface area contributed by atoms with Gasteiger partial charge in [-0.2, -0.15) is 9.97 Å². The zero-order valence-corrected chi connectivity index (χ0v) is 17.0. The highest BCUT2D eigenvalue weighted by atomic mass is 16.3. The molecular weight excluding hydrogens is 352 g/mol. The highest BCUT2D eigenvalue weighted by Crippen LogP contribution is 2.19. The van der Waals surface area contributed by atoms with Crippen molar-refractivity contribution in [2.75, 3.05) is 18.5 Å². The van der Waals surface area contributed by atoms with Gasteiger partial charge in [0.2, 0.25) is 5.95 Å². The second kappa shape index (κ2) is 7.98. The summed E-state index contributed by atoms with van der Waals surface area (Å²) in [5.74, 6) is 1.68. The Balaban J connectivity index is 2.02. The first kappa shape index (κ1) is 19.8. The molecule has 7 nitrogen and oxygen atoms in total. The molecule has 0 aliphatic rings. The average Bonchev–Trinajstić information content (AvgIpc) is 2.60. The van der Waals surface area contributed by atoms with Crippen molar-refractivity contribution in [1.82, 2.24) is 24.9 Å². The van der Waals surface area contributed by atoms with Crippen molar-refractivity contribution in [2.45, 2.75) is 39.7 Å². The largest absolute Gasteiger partial charge is 0.389 e. The van der Waals surface area contributed by atoms with E-state index in [2.05, 4.69) is 24.9 Å². The molecule has 0 fully saturated rings. The molecule has 3 aromatic heterocycles. The highest BCUT2D eigenvalue weighted by Gasteiger charge is 2.19. The summed E-state index contributed by atoms with van der Waals surface area (Å²) in [5.41, 5.74) is 2.76. The fraction of sp³-hybridized carbons (Fsp3) is 0.381. The first-order valence-corrected chi connectivity index (χ1v) is 9.24. The number of hydrogen-bond donors (Lipinski definition) is 1. The lowest BCUT2D eigenvalue weighted by molar-refractivity contribution is 0.0882. The van der Waals surface area contributed by atoms with Gasteiger partial charge in [0.25, 0.3) is 0 Å². The van der Waals surface area contributed by atoms with E-state index in [0.29, 0.717) is 36.3 Å². The van der Waals surface area contributed by atoms with Crippen LogP contribution in [-0.4, -0.2) is 49.2 Å². The van der Waals surface area contributed by atoms with Gasteiger partial charge in [-0.25, -0.2) is 9.97 Å². The molecule has 146 valence electrons. The number of pyridine rings is 2. The molecule has 7 heteroatoms. The minimum atomic E-state index is -0.870. The summed E-state index contributed by atoms with van der Waals surface area (Å²) in [5, 5.41) is 10.2. The van der Waals surface area contributed by atoms with Gasteiger partial charge in [0.1, 0.15) is 11.5 Å². The molecule has 0 aromatic carbocycles. The van der Waals surface area contributed by atoms with E-state index in [1.807, 2.05) is 56.1 Å². The monoisotopic (exact) mass is 378 g/mol. The summed E-state index contributed by atoms with van der Waals surface area (Å²) < 4.78 is 0. The van der Waals surface area contributed by atoms with E-state index in [1.54, 1.807) is 20.0 Å². The molecule has 0 saturated heterocycles. The van der Waals surface area contributed by atoms with Gasteiger partial charge in [-0.1, -0.05) is 6.07 Å². The molecule has 0 saturated carbocycles. The normalized spacial score (nSPS) is 11.5. The summed E-state index contributed by atoms with van der Waals surface area (Å²) in [7, 11) is 1.86. The Labute approximate surface area is 165 Å². The van der Waals surface area contributed by atoms with Crippen LogP contribution in [0, 0.1) is 13.8 Å². The number of anilines is 1. The summed E-state index contributed by atoms with van der Waals surface area (Å²) in [4.78, 5) is 24.5. The molecule has 0 aliphatic heterocycles. The zero-order chi connectivity index (χ0) is 20.3. The van der Waals surface area contributed by atoms with Gasteiger partial charge in [0.05, 0.1) is 5.60 Å². The lowest BCUT2D eigenvalue weighted by atomic mass is 10.1. The lowest BCUT2D eigenvalue weighted by Gasteiger charge is -2.25. The lowest BCUT2D eigenvalue weighted by Crippen LogP contribution is -2.37. The summed E-state index contributed by atoms with van der Waals surface area (Å²) in [6, 6.07) is 9.75. The Hall–Kier alpha value is -2.93. The molecule has 0 amide bonds.